The van der Waals surface area contributed by atoms with E-state index in [1.54, 1.807) is 35.2 Å². The van der Waals surface area contributed by atoms with E-state index < -0.39 is 0 Å². The average Bonchev–Trinajstić information content (AvgIpc) is 2.49. The lowest BCUT2D eigenvalue weighted by Gasteiger charge is -2.33. The number of carbonyl (C=O) groups excluding carboxylic acids is 1. The molecule has 1 unspecified atom stereocenters. The van der Waals surface area contributed by atoms with Gasteiger partial charge in [0.1, 0.15) is 11.9 Å². The minimum absolute atomic E-state index is 0.106. The largest absolute Gasteiger partial charge is 0.487 e. The third-order valence-corrected chi connectivity index (χ3v) is 3.90. The van der Waals surface area contributed by atoms with Crippen LogP contribution in [0.4, 0.5) is 16.2 Å². The molecule has 0 aliphatic carbocycles. The number of urea groups is 1. The normalized spacial score (nSPS) is 16.7. The Balaban J connectivity index is 1.90. The van der Waals surface area contributed by atoms with Gasteiger partial charge in [-0.2, -0.15) is 0 Å². The number of hydrogen-bond acceptors (Lipinski definition) is 2. The lowest BCUT2D eigenvalue weighted by molar-refractivity contribution is 0.208. The molecule has 1 atom stereocenters. The Hall–Kier alpha value is -1.91. The van der Waals surface area contributed by atoms with E-state index in [0.29, 0.717) is 33.7 Å². The number of nitrogens with zero attached hydrogens (tertiary/aromatic N) is 1. The Kier molecular flexibility index (Phi) is 4.14. The molecule has 2 aromatic carbocycles. The number of anilines is 2. The number of benzene rings is 2. The van der Waals surface area contributed by atoms with Gasteiger partial charge in [0.05, 0.1) is 22.9 Å². The minimum Gasteiger partial charge on any atom is -0.487 e. The molecule has 3 rings (SSSR count). The number of ether oxygens (including phenoxy) is 1. The fraction of sp³-hybridized carbons (Fsp3) is 0.188. The summed E-state index contributed by atoms with van der Waals surface area (Å²) in [6.45, 7) is 2.34. The Labute approximate surface area is 138 Å². The molecule has 114 valence electrons. The van der Waals surface area contributed by atoms with Gasteiger partial charge in [-0.3, -0.25) is 4.90 Å². The summed E-state index contributed by atoms with van der Waals surface area (Å²) in [7, 11) is 0. The van der Waals surface area contributed by atoms with Gasteiger partial charge in [-0.1, -0.05) is 35.3 Å². The lowest BCUT2D eigenvalue weighted by Crippen LogP contribution is -2.44. The highest BCUT2D eigenvalue weighted by molar-refractivity contribution is 6.34. The predicted octanol–water partition coefficient (Wildman–Crippen LogP) is 4.81. The van der Waals surface area contributed by atoms with Crippen molar-refractivity contribution in [2.45, 2.75) is 13.0 Å². The zero-order valence-electron chi connectivity index (χ0n) is 11.8. The first kappa shape index (κ1) is 15.0. The number of rotatable bonds is 1. The monoisotopic (exact) mass is 336 g/mol. The average molecular weight is 337 g/mol. The number of hydrogen-bond donors (Lipinski definition) is 1. The van der Waals surface area contributed by atoms with E-state index in [9.17, 15) is 4.79 Å². The second-order valence-corrected chi connectivity index (χ2v) is 5.90. The Morgan fingerprint density at radius 2 is 2.05 bits per heavy atom. The van der Waals surface area contributed by atoms with Crippen LogP contribution in [-0.4, -0.2) is 18.7 Å². The van der Waals surface area contributed by atoms with Crippen molar-refractivity contribution in [2.24, 2.45) is 0 Å². The third kappa shape index (κ3) is 2.98. The van der Waals surface area contributed by atoms with Gasteiger partial charge in [-0.25, -0.2) is 4.79 Å². The standard InChI is InChI=1S/C16H14Cl2N2O2/c1-10-9-20(14-8-11(17)6-7-15(14)22-10)16(21)19-13-5-3-2-4-12(13)18/h2-8,10H,9H2,1H3,(H,19,21). The molecule has 1 aliphatic heterocycles. The molecule has 1 N–H and O–H groups in total. The van der Waals surface area contributed by atoms with Gasteiger partial charge in [0.15, 0.2) is 0 Å². The van der Waals surface area contributed by atoms with Crippen LogP contribution in [0.2, 0.25) is 10.0 Å². The number of amides is 2. The zero-order valence-corrected chi connectivity index (χ0v) is 13.4. The summed E-state index contributed by atoms with van der Waals surface area (Å²) >= 11 is 12.1. The van der Waals surface area contributed by atoms with Crippen LogP contribution in [0, 0.1) is 0 Å². The maximum atomic E-state index is 12.6. The predicted molar refractivity (Wildman–Crippen MR) is 89.4 cm³/mol. The second kappa shape index (κ2) is 6.07. The smallest absolute Gasteiger partial charge is 0.326 e. The van der Waals surface area contributed by atoms with Gasteiger partial charge in [0.25, 0.3) is 0 Å². The molecular formula is C16H14Cl2N2O2. The maximum Gasteiger partial charge on any atom is 0.326 e. The second-order valence-electron chi connectivity index (χ2n) is 5.06. The van der Waals surface area contributed by atoms with Crippen molar-refractivity contribution < 1.29 is 9.53 Å². The van der Waals surface area contributed by atoms with Gasteiger partial charge in [-0.05, 0) is 37.3 Å². The summed E-state index contributed by atoms with van der Waals surface area (Å²) in [5, 5.41) is 3.86. The first-order valence-corrected chi connectivity index (χ1v) is 7.59. The molecule has 0 radical (unpaired) electrons. The lowest BCUT2D eigenvalue weighted by atomic mass is 10.2. The first-order chi connectivity index (χ1) is 10.5. The van der Waals surface area contributed by atoms with Crippen LogP contribution in [0.15, 0.2) is 42.5 Å². The highest BCUT2D eigenvalue weighted by atomic mass is 35.5. The van der Waals surface area contributed by atoms with Crippen molar-refractivity contribution in [3.05, 3.63) is 52.5 Å². The van der Waals surface area contributed by atoms with Gasteiger partial charge in [0.2, 0.25) is 0 Å². The molecule has 2 aromatic rings. The van der Waals surface area contributed by atoms with Crippen molar-refractivity contribution in [3.8, 4) is 5.75 Å². The Morgan fingerprint density at radius 3 is 2.82 bits per heavy atom. The summed E-state index contributed by atoms with van der Waals surface area (Å²) in [5.41, 5.74) is 1.21. The zero-order chi connectivity index (χ0) is 15.7. The fourth-order valence-electron chi connectivity index (χ4n) is 2.35. The van der Waals surface area contributed by atoms with Crippen molar-refractivity contribution in [2.75, 3.05) is 16.8 Å². The summed E-state index contributed by atoms with van der Waals surface area (Å²) < 4.78 is 5.73. The molecule has 0 saturated carbocycles. The number of halogens is 2. The summed E-state index contributed by atoms with van der Waals surface area (Å²) in [6.07, 6.45) is -0.106. The van der Waals surface area contributed by atoms with Gasteiger partial charge < -0.3 is 10.1 Å². The molecule has 2 amide bonds. The van der Waals surface area contributed by atoms with Crippen LogP contribution in [0.5, 0.6) is 5.75 Å². The highest BCUT2D eigenvalue weighted by Gasteiger charge is 2.28. The van der Waals surface area contributed by atoms with Crippen molar-refractivity contribution in [1.29, 1.82) is 0 Å². The van der Waals surface area contributed by atoms with E-state index in [0.717, 1.165) is 0 Å². The molecule has 0 aromatic heterocycles. The van der Waals surface area contributed by atoms with Crippen molar-refractivity contribution in [1.82, 2.24) is 0 Å². The van der Waals surface area contributed by atoms with Crippen LogP contribution < -0.4 is 15.0 Å². The van der Waals surface area contributed by atoms with Crippen LogP contribution in [0.1, 0.15) is 6.92 Å². The number of para-hydroxylation sites is 1. The summed E-state index contributed by atoms with van der Waals surface area (Å²) in [5.74, 6) is 0.637. The SMILES string of the molecule is CC1CN(C(=O)Nc2ccccc2Cl)c2cc(Cl)ccc2O1. The number of carbonyl (C=O) groups is 1. The third-order valence-electron chi connectivity index (χ3n) is 3.34. The molecule has 22 heavy (non-hydrogen) atoms. The highest BCUT2D eigenvalue weighted by Crippen LogP contribution is 2.36. The summed E-state index contributed by atoms with van der Waals surface area (Å²) in [6, 6.07) is 12.1. The Morgan fingerprint density at radius 1 is 1.27 bits per heavy atom. The molecule has 0 spiro atoms. The van der Waals surface area contributed by atoms with E-state index in [4.69, 9.17) is 27.9 Å². The molecule has 0 fully saturated rings. The number of nitrogens with one attached hydrogen (secondary N) is 1. The van der Waals surface area contributed by atoms with Crippen molar-refractivity contribution >= 4 is 40.6 Å². The topological polar surface area (TPSA) is 41.6 Å². The van der Waals surface area contributed by atoms with E-state index in [-0.39, 0.29) is 12.1 Å². The first-order valence-electron chi connectivity index (χ1n) is 6.84. The summed E-state index contributed by atoms with van der Waals surface area (Å²) in [4.78, 5) is 14.2. The van der Waals surface area contributed by atoms with Gasteiger partial charge in [-0.15, -0.1) is 0 Å². The van der Waals surface area contributed by atoms with E-state index in [2.05, 4.69) is 5.32 Å². The van der Waals surface area contributed by atoms with E-state index >= 15 is 0 Å². The van der Waals surface area contributed by atoms with Crippen molar-refractivity contribution in [3.63, 3.8) is 0 Å². The maximum absolute atomic E-state index is 12.6. The van der Waals surface area contributed by atoms with Crippen LogP contribution >= 0.6 is 23.2 Å². The molecular weight excluding hydrogens is 323 g/mol. The van der Waals surface area contributed by atoms with Crippen LogP contribution in [-0.2, 0) is 0 Å². The van der Waals surface area contributed by atoms with Crippen LogP contribution in [0.25, 0.3) is 0 Å². The van der Waals surface area contributed by atoms with Gasteiger partial charge in [0, 0.05) is 5.02 Å². The minimum atomic E-state index is -0.272. The fourth-order valence-corrected chi connectivity index (χ4v) is 2.70. The molecule has 6 heteroatoms. The quantitative estimate of drug-likeness (QED) is 0.811. The Bertz CT molecular complexity index is 721. The number of fused-ring (bicyclic) bond motifs is 1. The molecule has 1 aliphatic rings. The molecule has 4 nitrogen and oxygen atoms in total. The van der Waals surface area contributed by atoms with E-state index in [1.165, 1.54) is 0 Å². The van der Waals surface area contributed by atoms with Gasteiger partial charge >= 0.3 is 6.03 Å². The molecule has 0 bridgehead atoms. The molecule has 0 saturated heterocycles. The van der Waals surface area contributed by atoms with Crippen LogP contribution in [0.3, 0.4) is 0 Å². The molecule has 1 heterocycles. The van der Waals surface area contributed by atoms with E-state index in [1.807, 2.05) is 19.1 Å².